The molecule has 34 heavy (non-hydrogen) atoms. The Morgan fingerprint density at radius 3 is 2.26 bits per heavy atom. The van der Waals surface area contributed by atoms with Crippen molar-refractivity contribution in [2.24, 2.45) is 7.05 Å². The van der Waals surface area contributed by atoms with Crippen LogP contribution in [0.25, 0.3) is 11.3 Å². The van der Waals surface area contributed by atoms with Crippen molar-refractivity contribution in [1.29, 1.82) is 0 Å². The molecule has 180 valence electrons. The second-order valence-electron chi connectivity index (χ2n) is 8.42. The Kier molecular flexibility index (Phi) is 6.69. The number of nitrogens with one attached hydrogen (secondary N) is 1. The van der Waals surface area contributed by atoms with E-state index in [1.54, 1.807) is 32.0 Å². The van der Waals surface area contributed by atoms with Gasteiger partial charge in [-0.15, -0.1) is 0 Å². The number of nitrogens with zero attached hydrogens (tertiary/aromatic N) is 6. The van der Waals surface area contributed by atoms with E-state index in [0.29, 0.717) is 34.5 Å². The highest BCUT2D eigenvalue weighted by Gasteiger charge is 2.22. The standard InChI is InChI=1S/C24H31N7O3/c1-15-22(16(2)26-24(25-15)31-11-9-29(3)10-12-31)27-23(32)20-14-19(28-30(20)4)18-13-17(33-5)7-8-21(18)34-6/h7-8,13-14H,9-12H2,1-6H3,(H,27,32). The predicted molar refractivity (Wildman–Crippen MR) is 131 cm³/mol. The summed E-state index contributed by atoms with van der Waals surface area (Å²) in [5, 5.41) is 7.51. The maximum absolute atomic E-state index is 13.2. The number of likely N-dealkylation sites (N-methyl/N-ethyl adjacent to an activating group) is 1. The van der Waals surface area contributed by atoms with Crippen LogP contribution in [0.15, 0.2) is 24.3 Å². The summed E-state index contributed by atoms with van der Waals surface area (Å²) in [5.74, 6) is 1.74. The molecule has 0 spiro atoms. The van der Waals surface area contributed by atoms with Gasteiger partial charge in [-0.1, -0.05) is 0 Å². The summed E-state index contributed by atoms with van der Waals surface area (Å²) in [6.07, 6.45) is 0. The molecule has 0 unspecified atom stereocenters. The molecule has 1 aromatic carbocycles. The highest BCUT2D eigenvalue weighted by atomic mass is 16.5. The number of carbonyl (C=O) groups is 1. The van der Waals surface area contributed by atoms with Crippen molar-refractivity contribution in [1.82, 2.24) is 24.6 Å². The predicted octanol–water partition coefficient (Wildman–Crippen LogP) is 2.52. The summed E-state index contributed by atoms with van der Waals surface area (Å²) >= 11 is 0. The third-order valence-corrected chi connectivity index (χ3v) is 6.08. The van der Waals surface area contributed by atoms with Gasteiger partial charge in [-0.3, -0.25) is 9.48 Å². The SMILES string of the molecule is COc1ccc(OC)c(-c2cc(C(=O)Nc3c(C)nc(N4CCN(C)CC4)nc3C)n(C)n2)c1. The van der Waals surface area contributed by atoms with Gasteiger partial charge in [-0.05, 0) is 45.2 Å². The van der Waals surface area contributed by atoms with Crippen LogP contribution in [0.1, 0.15) is 21.9 Å². The van der Waals surface area contributed by atoms with Crippen LogP contribution in [0, 0.1) is 13.8 Å². The summed E-state index contributed by atoms with van der Waals surface area (Å²) < 4.78 is 12.4. The summed E-state index contributed by atoms with van der Waals surface area (Å²) in [6, 6.07) is 7.20. The van der Waals surface area contributed by atoms with E-state index in [4.69, 9.17) is 9.47 Å². The monoisotopic (exact) mass is 465 g/mol. The van der Waals surface area contributed by atoms with Gasteiger partial charge < -0.3 is 24.6 Å². The van der Waals surface area contributed by atoms with Crippen molar-refractivity contribution in [3.8, 4) is 22.8 Å². The number of benzene rings is 1. The first-order chi connectivity index (χ1) is 16.3. The number of ether oxygens (including phenoxy) is 2. The first-order valence-electron chi connectivity index (χ1n) is 11.2. The van der Waals surface area contributed by atoms with Gasteiger partial charge in [-0.2, -0.15) is 5.10 Å². The van der Waals surface area contributed by atoms with Crippen molar-refractivity contribution in [2.45, 2.75) is 13.8 Å². The average Bonchev–Trinajstić information content (AvgIpc) is 3.22. The van der Waals surface area contributed by atoms with E-state index in [-0.39, 0.29) is 5.91 Å². The fraction of sp³-hybridized carbons (Fsp3) is 0.417. The van der Waals surface area contributed by atoms with Gasteiger partial charge in [0, 0.05) is 38.8 Å². The Morgan fingerprint density at radius 2 is 1.65 bits per heavy atom. The van der Waals surface area contributed by atoms with E-state index >= 15 is 0 Å². The lowest BCUT2D eigenvalue weighted by Crippen LogP contribution is -2.45. The third kappa shape index (κ3) is 4.67. The average molecular weight is 466 g/mol. The Bertz CT molecular complexity index is 1180. The Balaban J connectivity index is 1.58. The van der Waals surface area contributed by atoms with Crippen LogP contribution < -0.4 is 19.7 Å². The highest BCUT2D eigenvalue weighted by Crippen LogP contribution is 2.33. The van der Waals surface area contributed by atoms with Crippen LogP contribution >= 0.6 is 0 Å². The van der Waals surface area contributed by atoms with Crippen molar-refractivity contribution in [2.75, 3.05) is 57.7 Å². The quantitative estimate of drug-likeness (QED) is 0.593. The number of piperazine rings is 1. The largest absolute Gasteiger partial charge is 0.497 e. The van der Waals surface area contributed by atoms with Gasteiger partial charge in [0.1, 0.15) is 17.2 Å². The number of rotatable bonds is 6. The smallest absolute Gasteiger partial charge is 0.274 e. The molecule has 1 aliphatic rings. The van der Waals surface area contributed by atoms with E-state index in [2.05, 4.69) is 37.2 Å². The molecular weight excluding hydrogens is 434 g/mol. The van der Waals surface area contributed by atoms with E-state index in [9.17, 15) is 4.79 Å². The van der Waals surface area contributed by atoms with Gasteiger partial charge in [0.05, 0.1) is 37.0 Å². The van der Waals surface area contributed by atoms with Crippen molar-refractivity contribution in [3.05, 3.63) is 41.3 Å². The summed E-state index contributed by atoms with van der Waals surface area (Å²) in [5.41, 5.74) is 3.83. The lowest BCUT2D eigenvalue weighted by molar-refractivity contribution is 0.101. The number of amides is 1. The maximum Gasteiger partial charge on any atom is 0.274 e. The Labute approximate surface area is 199 Å². The molecule has 3 aromatic rings. The fourth-order valence-electron chi connectivity index (χ4n) is 4.03. The topological polar surface area (TPSA) is 97.6 Å². The molecule has 3 heterocycles. The summed E-state index contributed by atoms with van der Waals surface area (Å²) in [4.78, 5) is 27.0. The second kappa shape index (κ2) is 9.68. The minimum absolute atomic E-state index is 0.287. The highest BCUT2D eigenvalue weighted by molar-refractivity contribution is 6.04. The normalized spacial score (nSPS) is 14.2. The van der Waals surface area contributed by atoms with E-state index in [1.807, 2.05) is 32.0 Å². The molecule has 0 atom stereocenters. The molecule has 10 nitrogen and oxygen atoms in total. The molecule has 0 bridgehead atoms. The number of aryl methyl sites for hydroxylation is 3. The summed E-state index contributed by atoms with van der Waals surface area (Å²) in [7, 11) is 7.04. The van der Waals surface area contributed by atoms with E-state index in [0.717, 1.165) is 43.1 Å². The van der Waals surface area contributed by atoms with Crippen LogP contribution in [-0.4, -0.2) is 78.0 Å². The molecule has 1 fully saturated rings. The molecule has 1 saturated heterocycles. The number of hydrogen-bond acceptors (Lipinski definition) is 8. The van der Waals surface area contributed by atoms with Crippen LogP contribution in [-0.2, 0) is 7.05 Å². The molecule has 4 rings (SSSR count). The molecule has 0 aliphatic carbocycles. The zero-order valence-corrected chi connectivity index (χ0v) is 20.5. The van der Waals surface area contributed by atoms with E-state index < -0.39 is 0 Å². The molecule has 0 radical (unpaired) electrons. The maximum atomic E-state index is 13.2. The van der Waals surface area contributed by atoms with Gasteiger partial charge >= 0.3 is 0 Å². The zero-order chi connectivity index (χ0) is 24.4. The third-order valence-electron chi connectivity index (χ3n) is 6.08. The molecule has 2 aromatic heterocycles. The zero-order valence-electron chi connectivity index (χ0n) is 20.5. The van der Waals surface area contributed by atoms with Crippen molar-refractivity contribution in [3.63, 3.8) is 0 Å². The molecule has 10 heteroatoms. The van der Waals surface area contributed by atoms with Gasteiger partial charge in [0.15, 0.2) is 0 Å². The van der Waals surface area contributed by atoms with E-state index in [1.165, 1.54) is 0 Å². The number of methoxy groups -OCH3 is 2. The minimum Gasteiger partial charge on any atom is -0.497 e. The van der Waals surface area contributed by atoms with Crippen LogP contribution in [0.4, 0.5) is 11.6 Å². The molecule has 0 saturated carbocycles. The first-order valence-corrected chi connectivity index (χ1v) is 11.2. The van der Waals surface area contributed by atoms with Crippen molar-refractivity contribution >= 4 is 17.5 Å². The number of anilines is 2. The first kappa shape index (κ1) is 23.5. The molecule has 1 N–H and O–H groups in total. The van der Waals surface area contributed by atoms with Gasteiger partial charge in [0.2, 0.25) is 5.95 Å². The van der Waals surface area contributed by atoms with Crippen LogP contribution in [0.2, 0.25) is 0 Å². The second-order valence-corrected chi connectivity index (χ2v) is 8.42. The molecule has 1 aliphatic heterocycles. The van der Waals surface area contributed by atoms with Gasteiger partial charge in [0.25, 0.3) is 5.91 Å². The number of carbonyl (C=O) groups excluding carboxylic acids is 1. The van der Waals surface area contributed by atoms with Gasteiger partial charge in [-0.25, -0.2) is 9.97 Å². The summed E-state index contributed by atoms with van der Waals surface area (Å²) in [6.45, 7) is 7.49. The number of hydrogen-bond donors (Lipinski definition) is 1. The van der Waals surface area contributed by atoms with Crippen molar-refractivity contribution < 1.29 is 14.3 Å². The Morgan fingerprint density at radius 1 is 0.971 bits per heavy atom. The lowest BCUT2D eigenvalue weighted by Gasteiger charge is -2.32. The lowest BCUT2D eigenvalue weighted by atomic mass is 10.1. The van der Waals surface area contributed by atoms with Crippen LogP contribution in [0.5, 0.6) is 11.5 Å². The number of aromatic nitrogens is 4. The fourth-order valence-corrected chi connectivity index (χ4v) is 4.03. The molecule has 1 amide bonds. The van der Waals surface area contributed by atoms with Crippen LogP contribution in [0.3, 0.4) is 0 Å². The molecular formula is C24H31N7O3. The minimum atomic E-state index is -0.287. The Hall–Kier alpha value is -3.66.